The standard InChI is InChI=1S/C18H17ClN6O/c1-11-7-14(24-26-11)9-21-18-17-16(22-12(2)23-18)4-6-25(17)10-15-8-13(19)3-5-20-15/h3-8H,9-10H2,1-2H3,(H,21,22,23). The summed E-state index contributed by atoms with van der Waals surface area (Å²) in [7, 11) is 0. The number of fused-ring (bicyclic) bond motifs is 1. The lowest BCUT2D eigenvalue weighted by Crippen LogP contribution is -2.08. The summed E-state index contributed by atoms with van der Waals surface area (Å²) >= 11 is 6.07. The summed E-state index contributed by atoms with van der Waals surface area (Å²) in [6.07, 6.45) is 3.68. The van der Waals surface area contributed by atoms with Gasteiger partial charge in [-0.1, -0.05) is 16.8 Å². The van der Waals surface area contributed by atoms with E-state index in [9.17, 15) is 0 Å². The van der Waals surface area contributed by atoms with Gasteiger partial charge < -0.3 is 14.4 Å². The molecule has 0 aliphatic heterocycles. The van der Waals surface area contributed by atoms with Crippen LogP contribution >= 0.6 is 11.6 Å². The van der Waals surface area contributed by atoms with E-state index in [-0.39, 0.29) is 0 Å². The Morgan fingerprint density at radius 3 is 2.81 bits per heavy atom. The van der Waals surface area contributed by atoms with Crippen LogP contribution in [0.3, 0.4) is 0 Å². The number of anilines is 1. The zero-order valence-corrected chi connectivity index (χ0v) is 15.2. The number of hydrogen-bond donors (Lipinski definition) is 1. The molecule has 0 fully saturated rings. The molecular weight excluding hydrogens is 352 g/mol. The molecule has 0 radical (unpaired) electrons. The lowest BCUT2D eigenvalue weighted by molar-refractivity contribution is 0.391. The Hall–Kier alpha value is -2.93. The lowest BCUT2D eigenvalue weighted by Gasteiger charge is -2.11. The van der Waals surface area contributed by atoms with Crippen molar-refractivity contribution >= 4 is 28.5 Å². The summed E-state index contributed by atoms with van der Waals surface area (Å²) in [5.41, 5.74) is 3.48. The molecule has 0 bridgehead atoms. The van der Waals surface area contributed by atoms with Crippen molar-refractivity contribution in [2.45, 2.75) is 26.9 Å². The van der Waals surface area contributed by atoms with Gasteiger partial charge in [0.2, 0.25) is 0 Å². The van der Waals surface area contributed by atoms with E-state index in [4.69, 9.17) is 16.1 Å². The van der Waals surface area contributed by atoms with Gasteiger partial charge in [0.25, 0.3) is 0 Å². The van der Waals surface area contributed by atoms with E-state index in [1.54, 1.807) is 12.3 Å². The van der Waals surface area contributed by atoms with Crippen LogP contribution in [0.4, 0.5) is 5.82 Å². The van der Waals surface area contributed by atoms with Gasteiger partial charge in [0.1, 0.15) is 22.8 Å². The minimum absolute atomic E-state index is 0.517. The third kappa shape index (κ3) is 3.39. The number of pyridine rings is 1. The molecule has 4 aromatic heterocycles. The number of halogens is 1. The van der Waals surface area contributed by atoms with Crippen molar-refractivity contribution in [3.8, 4) is 0 Å². The zero-order valence-electron chi connectivity index (χ0n) is 14.4. The van der Waals surface area contributed by atoms with Crippen molar-refractivity contribution in [2.75, 3.05) is 5.32 Å². The fraction of sp³-hybridized carbons (Fsp3) is 0.222. The molecule has 7 nitrogen and oxygen atoms in total. The van der Waals surface area contributed by atoms with Crippen LogP contribution < -0.4 is 5.32 Å². The van der Waals surface area contributed by atoms with Crippen LogP contribution in [0.2, 0.25) is 5.02 Å². The molecule has 0 aliphatic rings. The van der Waals surface area contributed by atoms with Crippen molar-refractivity contribution in [2.24, 2.45) is 0 Å². The fourth-order valence-electron chi connectivity index (χ4n) is 2.86. The summed E-state index contributed by atoms with van der Waals surface area (Å²) in [5, 5.41) is 8.01. The van der Waals surface area contributed by atoms with Crippen LogP contribution in [0.25, 0.3) is 11.0 Å². The first-order chi connectivity index (χ1) is 12.6. The molecule has 0 aliphatic carbocycles. The number of hydrogen-bond acceptors (Lipinski definition) is 6. The Kier molecular flexibility index (Phi) is 4.30. The minimum atomic E-state index is 0.517. The molecular formula is C18H17ClN6O. The first-order valence-corrected chi connectivity index (χ1v) is 8.56. The molecule has 132 valence electrons. The molecule has 0 saturated carbocycles. The maximum Gasteiger partial charge on any atom is 0.154 e. The predicted molar refractivity (Wildman–Crippen MR) is 99.2 cm³/mol. The molecule has 4 heterocycles. The van der Waals surface area contributed by atoms with Crippen molar-refractivity contribution in [1.82, 2.24) is 24.7 Å². The number of rotatable bonds is 5. The zero-order chi connectivity index (χ0) is 18.1. The van der Waals surface area contributed by atoms with Gasteiger partial charge in [-0.25, -0.2) is 9.97 Å². The summed E-state index contributed by atoms with van der Waals surface area (Å²) in [4.78, 5) is 13.5. The molecule has 4 rings (SSSR count). The van der Waals surface area contributed by atoms with E-state index in [0.29, 0.717) is 23.9 Å². The number of nitrogens with one attached hydrogen (secondary N) is 1. The Morgan fingerprint density at radius 1 is 1.15 bits per heavy atom. The highest BCUT2D eigenvalue weighted by Gasteiger charge is 2.12. The average Bonchev–Trinajstić information content (AvgIpc) is 3.19. The largest absolute Gasteiger partial charge is 0.362 e. The van der Waals surface area contributed by atoms with Crippen molar-refractivity contribution < 1.29 is 4.52 Å². The third-order valence-electron chi connectivity index (χ3n) is 3.95. The minimum Gasteiger partial charge on any atom is -0.362 e. The Bertz CT molecular complexity index is 1070. The monoisotopic (exact) mass is 368 g/mol. The van der Waals surface area contributed by atoms with Gasteiger partial charge in [-0.15, -0.1) is 0 Å². The molecule has 0 spiro atoms. The summed E-state index contributed by atoms with van der Waals surface area (Å²) in [6, 6.07) is 7.49. The second-order valence-corrected chi connectivity index (χ2v) is 6.48. The Morgan fingerprint density at radius 2 is 2.04 bits per heavy atom. The third-order valence-corrected chi connectivity index (χ3v) is 4.18. The van der Waals surface area contributed by atoms with Gasteiger partial charge in [-0.05, 0) is 32.0 Å². The van der Waals surface area contributed by atoms with Gasteiger partial charge in [-0.3, -0.25) is 4.98 Å². The Labute approximate surface area is 155 Å². The Balaban J connectivity index is 1.68. The molecule has 0 unspecified atom stereocenters. The number of nitrogens with zero attached hydrogens (tertiary/aromatic N) is 5. The van der Waals surface area contributed by atoms with Gasteiger partial charge in [0.15, 0.2) is 5.82 Å². The average molecular weight is 369 g/mol. The molecule has 0 atom stereocenters. The van der Waals surface area contributed by atoms with Crippen LogP contribution in [0.1, 0.15) is 23.0 Å². The molecule has 4 aromatic rings. The van der Waals surface area contributed by atoms with Gasteiger partial charge in [0, 0.05) is 23.5 Å². The second kappa shape index (κ2) is 6.76. The second-order valence-electron chi connectivity index (χ2n) is 6.04. The number of aromatic nitrogens is 5. The number of aryl methyl sites for hydroxylation is 2. The van der Waals surface area contributed by atoms with Crippen molar-refractivity contribution in [3.05, 3.63) is 64.7 Å². The SMILES string of the molecule is Cc1nc(NCc2cc(C)on2)c2c(ccn2Cc2cc(Cl)ccn2)n1. The highest BCUT2D eigenvalue weighted by molar-refractivity contribution is 6.30. The highest BCUT2D eigenvalue weighted by atomic mass is 35.5. The molecule has 26 heavy (non-hydrogen) atoms. The summed E-state index contributed by atoms with van der Waals surface area (Å²) in [5.74, 6) is 2.23. The molecule has 0 amide bonds. The van der Waals surface area contributed by atoms with Crippen molar-refractivity contribution in [1.29, 1.82) is 0 Å². The van der Waals surface area contributed by atoms with E-state index in [1.807, 2.05) is 38.2 Å². The van der Waals surface area contributed by atoms with Crippen LogP contribution in [0.15, 0.2) is 41.2 Å². The van der Waals surface area contributed by atoms with Crippen LogP contribution in [0.5, 0.6) is 0 Å². The summed E-state index contributed by atoms with van der Waals surface area (Å²) in [6.45, 7) is 4.84. The summed E-state index contributed by atoms with van der Waals surface area (Å²) < 4.78 is 7.17. The van der Waals surface area contributed by atoms with Crippen LogP contribution in [-0.4, -0.2) is 24.7 Å². The van der Waals surface area contributed by atoms with Gasteiger partial charge >= 0.3 is 0 Å². The first kappa shape index (κ1) is 16.5. The van der Waals surface area contributed by atoms with Gasteiger partial charge in [-0.2, -0.15) is 0 Å². The quantitative estimate of drug-likeness (QED) is 0.577. The van der Waals surface area contributed by atoms with E-state index in [1.165, 1.54) is 0 Å². The molecule has 8 heteroatoms. The normalized spacial score (nSPS) is 11.2. The molecule has 0 aromatic carbocycles. The van der Waals surface area contributed by atoms with E-state index in [2.05, 4.69) is 30.0 Å². The van der Waals surface area contributed by atoms with Gasteiger partial charge in [0.05, 0.1) is 24.3 Å². The van der Waals surface area contributed by atoms with Crippen LogP contribution in [0, 0.1) is 13.8 Å². The van der Waals surface area contributed by atoms with Crippen LogP contribution in [-0.2, 0) is 13.1 Å². The highest BCUT2D eigenvalue weighted by Crippen LogP contribution is 2.23. The molecule has 1 N–H and O–H groups in total. The maximum atomic E-state index is 6.07. The van der Waals surface area contributed by atoms with E-state index < -0.39 is 0 Å². The topological polar surface area (TPSA) is 81.7 Å². The molecule has 0 saturated heterocycles. The van der Waals surface area contributed by atoms with E-state index in [0.717, 1.165) is 34.0 Å². The van der Waals surface area contributed by atoms with Crippen molar-refractivity contribution in [3.63, 3.8) is 0 Å². The van der Waals surface area contributed by atoms with E-state index >= 15 is 0 Å². The smallest absolute Gasteiger partial charge is 0.154 e. The maximum absolute atomic E-state index is 6.07. The lowest BCUT2D eigenvalue weighted by atomic mass is 10.3. The fourth-order valence-corrected chi connectivity index (χ4v) is 3.05. The predicted octanol–water partition coefficient (Wildman–Crippen LogP) is 3.74. The first-order valence-electron chi connectivity index (χ1n) is 8.18.